The molecule has 0 aliphatic rings. The molecule has 1 aromatic heterocycles. The molecule has 0 radical (unpaired) electrons. The van der Waals surface area contributed by atoms with Crippen molar-refractivity contribution in [3.05, 3.63) is 63.4 Å². The Bertz CT molecular complexity index is 912. The fourth-order valence-corrected chi connectivity index (χ4v) is 2.87. The van der Waals surface area contributed by atoms with Crippen LogP contribution in [0.1, 0.15) is 11.1 Å². The number of amides is 1. The quantitative estimate of drug-likeness (QED) is 0.510. The molecule has 0 aliphatic heterocycles. The Morgan fingerprint density at radius 2 is 2.09 bits per heavy atom. The van der Waals surface area contributed by atoms with E-state index in [-0.39, 0.29) is 12.5 Å². The Balaban J connectivity index is 2.00. The second-order valence-electron chi connectivity index (χ2n) is 5.39. The molecule has 1 heterocycles. The molecule has 2 aromatic carbocycles. The summed E-state index contributed by atoms with van der Waals surface area (Å²) < 4.78 is 3.08. The minimum Gasteiger partial charge on any atom is -0.368 e. The normalized spacial score (nSPS) is 11.4. The van der Waals surface area contributed by atoms with Gasteiger partial charge in [-0.3, -0.25) is 9.79 Å². The van der Waals surface area contributed by atoms with Crippen LogP contribution in [-0.4, -0.2) is 16.7 Å². The van der Waals surface area contributed by atoms with E-state index in [1.807, 2.05) is 47.3 Å². The molecule has 4 nitrogen and oxygen atoms in total. The van der Waals surface area contributed by atoms with Crippen molar-refractivity contribution in [3.63, 3.8) is 0 Å². The summed E-state index contributed by atoms with van der Waals surface area (Å²) in [6.07, 6.45) is 3.75. The molecule has 3 aromatic rings. The Morgan fingerprint density at radius 1 is 1.30 bits per heavy atom. The third-order valence-corrected chi connectivity index (χ3v) is 4.85. The second kappa shape index (κ2) is 6.54. The minimum atomic E-state index is -0.359. The van der Waals surface area contributed by atoms with E-state index in [4.69, 9.17) is 5.73 Å². The van der Waals surface area contributed by atoms with E-state index in [1.165, 1.54) is 9.13 Å². The van der Waals surface area contributed by atoms with Gasteiger partial charge in [0.15, 0.2) is 0 Å². The van der Waals surface area contributed by atoms with Crippen LogP contribution in [0.4, 0.5) is 5.69 Å². The largest absolute Gasteiger partial charge is 0.368 e. The zero-order valence-electron chi connectivity index (χ0n) is 12.7. The Morgan fingerprint density at radius 3 is 2.83 bits per heavy atom. The number of primary amides is 1. The third kappa shape index (κ3) is 3.44. The fraction of sp³-hybridized carbons (Fsp3) is 0.111. The van der Waals surface area contributed by atoms with Gasteiger partial charge in [0, 0.05) is 32.4 Å². The number of rotatable bonds is 4. The Hall–Kier alpha value is -2.15. The van der Waals surface area contributed by atoms with E-state index in [9.17, 15) is 4.79 Å². The first kappa shape index (κ1) is 15.7. The monoisotopic (exact) mass is 417 g/mol. The van der Waals surface area contributed by atoms with Crippen LogP contribution in [-0.2, 0) is 11.3 Å². The summed E-state index contributed by atoms with van der Waals surface area (Å²) in [6.45, 7) is 2.23. The van der Waals surface area contributed by atoms with Gasteiger partial charge in [0.1, 0.15) is 6.54 Å². The van der Waals surface area contributed by atoms with Gasteiger partial charge in [-0.1, -0.05) is 18.2 Å². The second-order valence-corrected chi connectivity index (χ2v) is 6.55. The Labute approximate surface area is 148 Å². The van der Waals surface area contributed by atoms with Crippen molar-refractivity contribution in [3.8, 4) is 0 Å². The van der Waals surface area contributed by atoms with E-state index < -0.39 is 0 Å². The Kier molecular flexibility index (Phi) is 4.47. The van der Waals surface area contributed by atoms with E-state index in [2.05, 4.69) is 46.6 Å². The van der Waals surface area contributed by atoms with Crippen LogP contribution in [0.2, 0.25) is 0 Å². The van der Waals surface area contributed by atoms with Gasteiger partial charge in [-0.2, -0.15) is 0 Å². The van der Waals surface area contributed by atoms with Crippen molar-refractivity contribution in [1.29, 1.82) is 0 Å². The molecule has 0 spiro atoms. The van der Waals surface area contributed by atoms with Crippen LogP contribution in [0.15, 0.2) is 53.7 Å². The number of para-hydroxylation sites is 1. The number of halogens is 1. The smallest absolute Gasteiger partial charge is 0.237 e. The highest BCUT2D eigenvalue weighted by atomic mass is 127. The van der Waals surface area contributed by atoms with Crippen LogP contribution in [0.3, 0.4) is 0 Å². The molecular weight excluding hydrogens is 401 g/mol. The summed E-state index contributed by atoms with van der Waals surface area (Å²) in [4.78, 5) is 15.8. The lowest BCUT2D eigenvalue weighted by atomic mass is 10.2. The standard InChI is InChI=1S/C18H16IN3O/c1-12-8-14(6-7-16(12)19)21-9-13-10-22(11-18(20)23)17-5-3-2-4-15(13)17/h2-10H,11H2,1H3,(H2,20,23). The summed E-state index contributed by atoms with van der Waals surface area (Å²) in [6, 6.07) is 14.0. The van der Waals surface area contributed by atoms with Crippen molar-refractivity contribution in [1.82, 2.24) is 4.57 Å². The van der Waals surface area contributed by atoms with E-state index in [0.717, 1.165) is 22.2 Å². The maximum Gasteiger partial charge on any atom is 0.237 e. The average molecular weight is 417 g/mol. The van der Waals surface area contributed by atoms with Crippen LogP contribution in [0.5, 0.6) is 0 Å². The van der Waals surface area contributed by atoms with Gasteiger partial charge in [-0.25, -0.2) is 0 Å². The van der Waals surface area contributed by atoms with Gasteiger partial charge in [0.25, 0.3) is 0 Å². The fourth-order valence-electron chi connectivity index (χ4n) is 2.53. The van der Waals surface area contributed by atoms with Gasteiger partial charge in [0.2, 0.25) is 5.91 Å². The first-order valence-electron chi connectivity index (χ1n) is 7.21. The molecule has 0 saturated carbocycles. The number of benzene rings is 2. The maximum absolute atomic E-state index is 11.2. The number of aromatic nitrogens is 1. The first-order chi connectivity index (χ1) is 11.0. The van der Waals surface area contributed by atoms with Crippen LogP contribution in [0, 0.1) is 10.5 Å². The zero-order chi connectivity index (χ0) is 16.4. The number of hydrogen-bond donors (Lipinski definition) is 1. The number of carbonyl (C=O) groups excluding carboxylic acids is 1. The minimum absolute atomic E-state index is 0.164. The summed E-state index contributed by atoms with van der Waals surface area (Å²) >= 11 is 2.31. The number of carbonyl (C=O) groups is 1. The number of fused-ring (bicyclic) bond motifs is 1. The molecule has 2 N–H and O–H groups in total. The molecule has 23 heavy (non-hydrogen) atoms. The van der Waals surface area contributed by atoms with Crippen molar-refractivity contribution in [2.45, 2.75) is 13.5 Å². The highest BCUT2D eigenvalue weighted by Gasteiger charge is 2.08. The number of hydrogen-bond acceptors (Lipinski definition) is 2. The van der Waals surface area contributed by atoms with Gasteiger partial charge in [0.05, 0.1) is 5.69 Å². The molecule has 5 heteroatoms. The predicted octanol–water partition coefficient (Wildman–Crippen LogP) is 3.79. The highest BCUT2D eigenvalue weighted by molar-refractivity contribution is 14.1. The summed E-state index contributed by atoms with van der Waals surface area (Å²) in [5.74, 6) is -0.359. The molecule has 0 aliphatic carbocycles. The van der Waals surface area contributed by atoms with E-state index >= 15 is 0 Å². The molecule has 0 unspecified atom stereocenters. The van der Waals surface area contributed by atoms with Crippen molar-refractivity contribution in [2.24, 2.45) is 10.7 Å². The van der Waals surface area contributed by atoms with Gasteiger partial charge in [-0.05, 0) is 59.3 Å². The van der Waals surface area contributed by atoms with Crippen LogP contribution < -0.4 is 5.73 Å². The lowest BCUT2D eigenvalue weighted by molar-refractivity contribution is -0.118. The number of aryl methyl sites for hydroxylation is 1. The van der Waals surface area contributed by atoms with Gasteiger partial charge >= 0.3 is 0 Å². The average Bonchev–Trinajstić information content (AvgIpc) is 2.86. The van der Waals surface area contributed by atoms with E-state index in [0.29, 0.717) is 0 Å². The molecule has 0 saturated heterocycles. The third-order valence-electron chi connectivity index (χ3n) is 3.64. The number of aliphatic imine (C=N–C) groups is 1. The topological polar surface area (TPSA) is 60.4 Å². The molecule has 1 amide bonds. The lowest BCUT2D eigenvalue weighted by Crippen LogP contribution is -2.17. The highest BCUT2D eigenvalue weighted by Crippen LogP contribution is 2.22. The zero-order valence-corrected chi connectivity index (χ0v) is 14.8. The van der Waals surface area contributed by atoms with Crippen LogP contribution >= 0.6 is 22.6 Å². The molecular formula is C18H16IN3O. The summed E-state index contributed by atoms with van der Waals surface area (Å²) in [7, 11) is 0. The van der Waals surface area contributed by atoms with Crippen molar-refractivity contribution < 1.29 is 4.79 Å². The molecule has 116 valence electrons. The first-order valence-corrected chi connectivity index (χ1v) is 8.29. The van der Waals surface area contributed by atoms with Crippen LogP contribution in [0.25, 0.3) is 10.9 Å². The van der Waals surface area contributed by atoms with Gasteiger partial charge in [-0.15, -0.1) is 0 Å². The molecule has 0 bridgehead atoms. The number of nitrogens with two attached hydrogens (primary N) is 1. The summed E-state index contributed by atoms with van der Waals surface area (Å²) in [5.41, 5.74) is 9.39. The predicted molar refractivity (Wildman–Crippen MR) is 102 cm³/mol. The molecule has 3 rings (SSSR count). The maximum atomic E-state index is 11.2. The lowest BCUT2D eigenvalue weighted by Gasteiger charge is -2.00. The van der Waals surface area contributed by atoms with E-state index in [1.54, 1.807) is 0 Å². The summed E-state index contributed by atoms with van der Waals surface area (Å²) in [5, 5.41) is 1.06. The SMILES string of the molecule is Cc1cc(N=Cc2cn(CC(N)=O)c3ccccc23)ccc1I. The van der Waals surface area contributed by atoms with Crippen molar-refractivity contribution in [2.75, 3.05) is 0 Å². The van der Waals surface area contributed by atoms with Crippen molar-refractivity contribution >= 4 is 51.3 Å². The number of nitrogens with zero attached hydrogens (tertiary/aromatic N) is 2. The van der Waals surface area contributed by atoms with Gasteiger partial charge < -0.3 is 10.3 Å². The molecule has 0 fully saturated rings. The molecule has 0 atom stereocenters.